The fourth-order valence-electron chi connectivity index (χ4n) is 1.92. The number of halogens is 2. The van der Waals surface area contributed by atoms with Gasteiger partial charge in [0.25, 0.3) is 5.91 Å². The molecule has 0 saturated carbocycles. The van der Waals surface area contributed by atoms with Crippen LogP contribution in [0.25, 0.3) is 6.08 Å². The number of para-hydroxylation sites is 1. The highest BCUT2D eigenvalue weighted by molar-refractivity contribution is 6.34. The topological polar surface area (TPSA) is 61.4 Å². The normalized spacial score (nSPS) is 10.7. The molecule has 3 N–H and O–H groups in total. The molecule has 0 spiro atoms. The van der Waals surface area contributed by atoms with Gasteiger partial charge in [-0.05, 0) is 41.5 Å². The summed E-state index contributed by atoms with van der Waals surface area (Å²) in [5.74, 6) is -0.587. The third kappa shape index (κ3) is 4.77. The number of hydrogen-bond donors (Lipinski definition) is 3. The van der Waals surface area contributed by atoms with Gasteiger partial charge in [0, 0.05) is 28.4 Å². The molecule has 0 unspecified atom stereocenters. The van der Waals surface area contributed by atoms with Crippen LogP contribution in [0.15, 0.2) is 48.5 Å². The lowest BCUT2D eigenvalue weighted by Gasteiger charge is -2.10. The number of hydrogen-bond acceptors (Lipinski definition) is 3. The Balaban J connectivity index is 2.12. The molecule has 2 aromatic carbocycles. The van der Waals surface area contributed by atoms with Gasteiger partial charge in [0.15, 0.2) is 0 Å². The van der Waals surface area contributed by atoms with Crippen LogP contribution < -0.4 is 10.8 Å². The van der Waals surface area contributed by atoms with Crippen LogP contribution in [0.1, 0.15) is 11.1 Å². The highest BCUT2D eigenvalue weighted by Gasteiger charge is 2.02. The average Bonchev–Trinajstić information content (AvgIpc) is 2.50. The molecular formula is C16H14Cl2N2O2. The molecule has 4 nitrogen and oxygen atoms in total. The third-order valence-corrected chi connectivity index (χ3v) is 3.33. The average molecular weight is 337 g/mol. The summed E-state index contributed by atoms with van der Waals surface area (Å²) in [5, 5.41) is 12.9. The van der Waals surface area contributed by atoms with Gasteiger partial charge in [-0.1, -0.05) is 41.4 Å². The minimum atomic E-state index is -0.587. The molecule has 0 radical (unpaired) electrons. The van der Waals surface area contributed by atoms with Crippen molar-refractivity contribution in [3.8, 4) is 0 Å². The summed E-state index contributed by atoms with van der Waals surface area (Å²) in [4.78, 5) is 11.1. The van der Waals surface area contributed by atoms with Crippen LogP contribution in [0.2, 0.25) is 10.0 Å². The van der Waals surface area contributed by atoms with Crippen molar-refractivity contribution in [1.29, 1.82) is 0 Å². The first kappa shape index (κ1) is 16.4. The monoisotopic (exact) mass is 336 g/mol. The van der Waals surface area contributed by atoms with Gasteiger partial charge >= 0.3 is 0 Å². The summed E-state index contributed by atoms with van der Waals surface area (Å²) in [7, 11) is 0. The maximum absolute atomic E-state index is 11.1. The van der Waals surface area contributed by atoms with Crippen molar-refractivity contribution < 1.29 is 10.0 Å². The van der Waals surface area contributed by atoms with Crippen molar-refractivity contribution in [3.05, 3.63) is 69.7 Å². The van der Waals surface area contributed by atoms with Crippen LogP contribution in [0.4, 0.5) is 5.69 Å². The Hall–Kier alpha value is -2.01. The van der Waals surface area contributed by atoms with E-state index in [9.17, 15) is 4.79 Å². The number of benzene rings is 2. The SMILES string of the molecule is O=C(C=Cc1ccccc1NCc1cc(Cl)cc(Cl)c1)NO. The van der Waals surface area contributed by atoms with Crippen molar-refractivity contribution in [3.63, 3.8) is 0 Å². The van der Waals surface area contributed by atoms with E-state index in [-0.39, 0.29) is 0 Å². The van der Waals surface area contributed by atoms with E-state index in [2.05, 4.69) is 5.32 Å². The van der Waals surface area contributed by atoms with Gasteiger partial charge in [-0.3, -0.25) is 10.0 Å². The molecular weight excluding hydrogens is 323 g/mol. The van der Waals surface area contributed by atoms with E-state index in [1.165, 1.54) is 6.08 Å². The predicted molar refractivity (Wildman–Crippen MR) is 89.2 cm³/mol. The second kappa shape index (κ2) is 7.84. The molecule has 0 bridgehead atoms. The van der Waals surface area contributed by atoms with Gasteiger partial charge < -0.3 is 5.32 Å². The highest BCUT2D eigenvalue weighted by atomic mass is 35.5. The van der Waals surface area contributed by atoms with E-state index in [4.69, 9.17) is 28.4 Å². The minimum absolute atomic E-state index is 0.539. The maximum Gasteiger partial charge on any atom is 0.267 e. The highest BCUT2D eigenvalue weighted by Crippen LogP contribution is 2.21. The zero-order chi connectivity index (χ0) is 15.9. The van der Waals surface area contributed by atoms with Crippen LogP contribution >= 0.6 is 23.2 Å². The van der Waals surface area contributed by atoms with Crippen LogP contribution in [-0.2, 0) is 11.3 Å². The molecule has 0 heterocycles. The zero-order valence-electron chi connectivity index (χ0n) is 11.5. The van der Waals surface area contributed by atoms with E-state index < -0.39 is 5.91 Å². The lowest BCUT2D eigenvalue weighted by atomic mass is 10.1. The lowest BCUT2D eigenvalue weighted by molar-refractivity contribution is -0.124. The number of carbonyl (C=O) groups is 1. The second-order valence-corrected chi connectivity index (χ2v) is 5.40. The minimum Gasteiger partial charge on any atom is -0.380 e. The molecule has 6 heteroatoms. The Morgan fingerprint density at radius 3 is 2.50 bits per heavy atom. The quantitative estimate of drug-likeness (QED) is 0.437. The van der Waals surface area contributed by atoms with Gasteiger partial charge in [0.05, 0.1) is 0 Å². The number of carbonyl (C=O) groups excluding carboxylic acids is 1. The summed E-state index contributed by atoms with van der Waals surface area (Å²) in [6, 6.07) is 12.8. The zero-order valence-corrected chi connectivity index (χ0v) is 13.0. The third-order valence-electron chi connectivity index (χ3n) is 2.89. The van der Waals surface area contributed by atoms with E-state index >= 15 is 0 Å². The Kier molecular flexibility index (Phi) is 5.83. The molecule has 0 atom stereocenters. The Morgan fingerprint density at radius 1 is 1.14 bits per heavy atom. The van der Waals surface area contributed by atoms with Crippen molar-refractivity contribution in [2.75, 3.05) is 5.32 Å². The summed E-state index contributed by atoms with van der Waals surface area (Å²) in [6.07, 6.45) is 2.86. The number of hydroxylamine groups is 1. The first-order chi connectivity index (χ1) is 10.6. The number of anilines is 1. The standard InChI is InChI=1S/C16H14Cl2N2O2/c17-13-7-11(8-14(18)9-13)10-19-15-4-2-1-3-12(15)5-6-16(21)20-22/h1-9,19,22H,10H2,(H,20,21). The van der Waals surface area contributed by atoms with Crippen LogP contribution in [0.5, 0.6) is 0 Å². The van der Waals surface area contributed by atoms with Crippen LogP contribution in [0.3, 0.4) is 0 Å². The van der Waals surface area contributed by atoms with Crippen LogP contribution in [-0.4, -0.2) is 11.1 Å². The fourth-order valence-corrected chi connectivity index (χ4v) is 2.49. The molecule has 22 heavy (non-hydrogen) atoms. The van der Waals surface area contributed by atoms with Crippen molar-refractivity contribution >= 4 is 40.9 Å². The molecule has 0 aliphatic carbocycles. The molecule has 0 aromatic heterocycles. The number of rotatable bonds is 5. The predicted octanol–water partition coefficient (Wildman–Crippen LogP) is 4.12. The molecule has 0 saturated heterocycles. The maximum atomic E-state index is 11.1. The van der Waals surface area contributed by atoms with Gasteiger partial charge in [0.2, 0.25) is 0 Å². The molecule has 0 aliphatic heterocycles. The van der Waals surface area contributed by atoms with Gasteiger partial charge in [0.1, 0.15) is 0 Å². The summed E-state index contributed by atoms with van der Waals surface area (Å²) >= 11 is 11.9. The van der Waals surface area contributed by atoms with Crippen molar-refractivity contribution in [1.82, 2.24) is 5.48 Å². The summed E-state index contributed by atoms with van der Waals surface area (Å²) in [5.41, 5.74) is 4.16. The first-order valence-corrected chi connectivity index (χ1v) is 7.24. The summed E-state index contributed by atoms with van der Waals surface area (Å²) < 4.78 is 0. The van der Waals surface area contributed by atoms with Crippen LogP contribution in [0, 0.1) is 0 Å². The largest absolute Gasteiger partial charge is 0.380 e. The van der Waals surface area contributed by atoms with Crippen molar-refractivity contribution in [2.45, 2.75) is 6.54 Å². The van der Waals surface area contributed by atoms with E-state index in [1.807, 2.05) is 36.4 Å². The van der Waals surface area contributed by atoms with Crippen molar-refractivity contribution in [2.24, 2.45) is 0 Å². The van der Waals surface area contributed by atoms with Gasteiger partial charge in [-0.25, -0.2) is 5.48 Å². The van der Waals surface area contributed by atoms with Gasteiger partial charge in [-0.2, -0.15) is 0 Å². The summed E-state index contributed by atoms with van der Waals surface area (Å²) in [6.45, 7) is 0.539. The fraction of sp³-hybridized carbons (Fsp3) is 0.0625. The van der Waals surface area contributed by atoms with E-state index in [1.54, 1.807) is 17.6 Å². The molecule has 2 aromatic rings. The smallest absolute Gasteiger partial charge is 0.267 e. The molecule has 0 aliphatic rings. The van der Waals surface area contributed by atoms with E-state index in [0.717, 1.165) is 16.8 Å². The first-order valence-electron chi connectivity index (χ1n) is 6.48. The van der Waals surface area contributed by atoms with Gasteiger partial charge in [-0.15, -0.1) is 0 Å². The molecule has 1 amide bonds. The second-order valence-electron chi connectivity index (χ2n) is 4.53. The Morgan fingerprint density at radius 2 is 1.82 bits per heavy atom. The lowest BCUT2D eigenvalue weighted by Crippen LogP contribution is -2.14. The number of nitrogens with one attached hydrogen (secondary N) is 2. The van der Waals surface area contributed by atoms with E-state index in [0.29, 0.717) is 16.6 Å². The molecule has 0 fully saturated rings. The molecule has 114 valence electrons. The Labute approximate surface area is 138 Å². The number of amides is 1. The Bertz CT molecular complexity index is 682. The molecule has 2 rings (SSSR count).